The lowest BCUT2D eigenvalue weighted by atomic mass is 10.2. The highest BCUT2D eigenvalue weighted by atomic mass is 16.6. The Balaban J connectivity index is 2.49. The fourth-order valence-corrected chi connectivity index (χ4v) is 1.38. The molecule has 0 saturated carbocycles. The van der Waals surface area contributed by atoms with Crippen molar-refractivity contribution in [3.05, 3.63) is 46.8 Å². The first-order valence-corrected chi connectivity index (χ1v) is 4.55. The molecule has 2 aromatic rings. The van der Waals surface area contributed by atoms with Crippen LogP contribution in [0.4, 0.5) is 5.69 Å². The number of nitro benzene ring substituents is 1. The van der Waals surface area contributed by atoms with E-state index in [2.05, 4.69) is 5.10 Å². The van der Waals surface area contributed by atoms with Crippen molar-refractivity contribution in [1.29, 1.82) is 0 Å². The molecule has 6 nitrogen and oxygen atoms in total. The maximum Gasteiger partial charge on any atom is 0.311 e. The molecule has 1 heterocycles. The van der Waals surface area contributed by atoms with E-state index in [0.717, 1.165) is 0 Å². The summed E-state index contributed by atoms with van der Waals surface area (Å²) in [5.41, 5.74) is 0.658. The molecule has 0 fully saturated rings. The van der Waals surface area contributed by atoms with Crippen LogP contribution >= 0.6 is 0 Å². The third kappa shape index (κ3) is 1.72. The lowest BCUT2D eigenvalue weighted by molar-refractivity contribution is -0.385. The van der Waals surface area contributed by atoms with Gasteiger partial charge in [0.2, 0.25) is 0 Å². The molecule has 0 aliphatic rings. The Bertz CT molecular complexity index is 508. The normalized spacial score (nSPS) is 10.1. The van der Waals surface area contributed by atoms with Crippen LogP contribution < -0.4 is 4.74 Å². The quantitative estimate of drug-likeness (QED) is 0.582. The minimum Gasteiger partial charge on any atom is -0.490 e. The number of rotatable bonds is 3. The smallest absolute Gasteiger partial charge is 0.311 e. The van der Waals surface area contributed by atoms with Gasteiger partial charge in [-0.2, -0.15) is 5.10 Å². The van der Waals surface area contributed by atoms with Crippen LogP contribution in [0.5, 0.6) is 5.75 Å². The van der Waals surface area contributed by atoms with E-state index in [1.54, 1.807) is 35.3 Å². The molecule has 0 amide bonds. The van der Waals surface area contributed by atoms with Crippen molar-refractivity contribution < 1.29 is 9.66 Å². The summed E-state index contributed by atoms with van der Waals surface area (Å²) in [6.45, 7) is 0. The second-order valence-electron chi connectivity index (χ2n) is 3.06. The third-order valence-electron chi connectivity index (χ3n) is 2.13. The Morgan fingerprint density at radius 2 is 2.31 bits per heavy atom. The molecule has 16 heavy (non-hydrogen) atoms. The van der Waals surface area contributed by atoms with Crippen molar-refractivity contribution in [3.8, 4) is 11.4 Å². The van der Waals surface area contributed by atoms with Crippen molar-refractivity contribution in [2.45, 2.75) is 0 Å². The van der Waals surface area contributed by atoms with Crippen LogP contribution in [0.15, 0.2) is 36.7 Å². The number of hydrogen-bond acceptors (Lipinski definition) is 4. The molecule has 0 N–H and O–H groups in total. The van der Waals surface area contributed by atoms with Crippen molar-refractivity contribution >= 4 is 5.69 Å². The van der Waals surface area contributed by atoms with Gasteiger partial charge in [0.05, 0.1) is 17.7 Å². The molecule has 0 bridgehead atoms. The van der Waals surface area contributed by atoms with Gasteiger partial charge in [-0.05, 0) is 12.1 Å². The van der Waals surface area contributed by atoms with Crippen molar-refractivity contribution in [2.24, 2.45) is 0 Å². The Hall–Kier alpha value is -2.37. The predicted molar refractivity (Wildman–Crippen MR) is 56.8 cm³/mol. The molecule has 0 saturated heterocycles. The van der Waals surface area contributed by atoms with Gasteiger partial charge in [0.25, 0.3) is 0 Å². The molecule has 0 aliphatic carbocycles. The molecule has 0 aliphatic heterocycles. The number of nitro groups is 1. The van der Waals surface area contributed by atoms with Crippen molar-refractivity contribution in [2.75, 3.05) is 7.11 Å². The summed E-state index contributed by atoms with van der Waals surface area (Å²) in [6, 6.07) is 6.36. The second-order valence-corrected chi connectivity index (χ2v) is 3.06. The largest absolute Gasteiger partial charge is 0.490 e. The van der Waals surface area contributed by atoms with Crippen LogP contribution in [0.3, 0.4) is 0 Å². The topological polar surface area (TPSA) is 70.2 Å². The zero-order valence-electron chi connectivity index (χ0n) is 8.53. The molecule has 2 rings (SSSR count). The van der Waals surface area contributed by atoms with Gasteiger partial charge < -0.3 is 4.74 Å². The lowest BCUT2D eigenvalue weighted by Crippen LogP contribution is -1.98. The molecule has 0 atom stereocenters. The molecule has 82 valence electrons. The van der Waals surface area contributed by atoms with Gasteiger partial charge in [-0.15, -0.1) is 0 Å². The Morgan fingerprint density at radius 3 is 2.88 bits per heavy atom. The Labute approximate surface area is 91.2 Å². The SMILES string of the molecule is COc1cc(-n2cccn2)ccc1[N+](=O)[O-]. The summed E-state index contributed by atoms with van der Waals surface area (Å²) in [5, 5.41) is 14.7. The maximum atomic E-state index is 10.7. The number of hydrogen-bond donors (Lipinski definition) is 0. The maximum absolute atomic E-state index is 10.7. The average Bonchev–Trinajstić information content (AvgIpc) is 2.81. The minimum absolute atomic E-state index is 0.0570. The van der Waals surface area contributed by atoms with Crippen LogP contribution in [0.2, 0.25) is 0 Å². The summed E-state index contributed by atoms with van der Waals surface area (Å²) in [5.74, 6) is 0.220. The van der Waals surface area contributed by atoms with Crippen molar-refractivity contribution in [3.63, 3.8) is 0 Å². The van der Waals surface area contributed by atoms with Gasteiger partial charge in [0, 0.05) is 24.5 Å². The number of ether oxygens (including phenoxy) is 1. The third-order valence-corrected chi connectivity index (χ3v) is 2.13. The fourth-order valence-electron chi connectivity index (χ4n) is 1.38. The van der Waals surface area contributed by atoms with E-state index in [4.69, 9.17) is 4.74 Å². The highest BCUT2D eigenvalue weighted by molar-refractivity contribution is 5.52. The predicted octanol–water partition coefficient (Wildman–Crippen LogP) is 1.79. The second kappa shape index (κ2) is 4.01. The van der Waals surface area contributed by atoms with E-state index in [-0.39, 0.29) is 11.4 Å². The molecular weight excluding hydrogens is 210 g/mol. The molecule has 0 unspecified atom stereocenters. The number of methoxy groups -OCH3 is 1. The van der Waals surface area contributed by atoms with Crippen molar-refractivity contribution in [1.82, 2.24) is 9.78 Å². The highest BCUT2D eigenvalue weighted by Crippen LogP contribution is 2.28. The first-order chi connectivity index (χ1) is 7.72. The van der Waals surface area contributed by atoms with Gasteiger partial charge >= 0.3 is 5.69 Å². The van der Waals surface area contributed by atoms with Gasteiger partial charge in [0.1, 0.15) is 0 Å². The monoisotopic (exact) mass is 219 g/mol. The molecular formula is C10H9N3O3. The lowest BCUT2D eigenvalue weighted by Gasteiger charge is -2.05. The Morgan fingerprint density at radius 1 is 1.50 bits per heavy atom. The number of benzene rings is 1. The van der Waals surface area contributed by atoms with Crippen LogP contribution in [0.1, 0.15) is 0 Å². The van der Waals surface area contributed by atoms with Gasteiger partial charge in [-0.25, -0.2) is 4.68 Å². The molecule has 6 heteroatoms. The van der Waals surface area contributed by atoms with Crippen LogP contribution in [-0.4, -0.2) is 21.8 Å². The van der Waals surface area contributed by atoms with E-state index < -0.39 is 4.92 Å². The van der Waals surface area contributed by atoms with Crippen LogP contribution in [-0.2, 0) is 0 Å². The highest BCUT2D eigenvalue weighted by Gasteiger charge is 2.15. The number of aromatic nitrogens is 2. The summed E-state index contributed by atoms with van der Waals surface area (Å²) in [4.78, 5) is 10.2. The Kier molecular flexibility index (Phi) is 2.55. The zero-order valence-corrected chi connectivity index (χ0v) is 8.53. The standard InChI is InChI=1S/C10H9N3O3/c1-16-10-7-8(12-6-2-5-11-12)3-4-9(10)13(14)15/h2-7H,1H3. The molecule has 1 aromatic carbocycles. The van der Waals surface area contributed by atoms with Crippen LogP contribution in [0, 0.1) is 10.1 Å². The van der Waals surface area contributed by atoms with E-state index in [1.165, 1.54) is 13.2 Å². The molecule has 0 radical (unpaired) electrons. The average molecular weight is 219 g/mol. The molecule has 1 aromatic heterocycles. The van der Waals surface area contributed by atoms with Gasteiger partial charge in [-0.1, -0.05) is 0 Å². The minimum atomic E-state index is -0.480. The van der Waals surface area contributed by atoms with Gasteiger partial charge in [0.15, 0.2) is 5.75 Å². The first kappa shape index (κ1) is 10.2. The van der Waals surface area contributed by atoms with E-state index in [1.807, 2.05) is 0 Å². The van der Waals surface area contributed by atoms with Gasteiger partial charge in [-0.3, -0.25) is 10.1 Å². The van der Waals surface area contributed by atoms with E-state index >= 15 is 0 Å². The summed E-state index contributed by atoms with van der Waals surface area (Å²) >= 11 is 0. The zero-order chi connectivity index (χ0) is 11.5. The number of nitrogens with zero attached hydrogens (tertiary/aromatic N) is 3. The van der Waals surface area contributed by atoms with Crippen LogP contribution in [0.25, 0.3) is 5.69 Å². The summed E-state index contributed by atoms with van der Waals surface area (Å²) in [6.07, 6.45) is 3.38. The first-order valence-electron chi connectivity index (χ1n) is 4.55. The molecule has 0 spiro atoms. The summed E-state index contributed by atoms with van der Waals surface area (Å²) < 4.78 is 6.57. The fraction of sp³-hybridized carbons (Fsp3) is 0.100. The summed E-state index contributed by atoms with van der Waals surface area (Å²) in [7, 11) is 1.40. The van der Waals surface area contributed by atoms with E-state index in [9.17, 15) is 10.1 Å². The van der Waals surface area contributed by atoms with E-state index in [0.29, 0.717) is 5.69 Å².